The molecule has 40 nitrogen and oxygen atoms in total. The van der Waals surface area contributed by atoms with Crippen molar-refractivity contribution in [3.63, 3.8) is 0 Å². The molecular formula is C100H162B4N20O20. The Hall–Kier alpha value is -12.6. The molecule has 14 amide bonds. The van der Waals surface area contributed by atoms with Crippen molar-refractivity contribution < 1.29 is 96.8 Å². The molecule has 0 saturated heterocycles. The van der Waals surface area contributed by atoms with Gasteiger partial charge in [-0.15, -0.1) is 98.8 Å². The van der Waals surface area contributed by atoms with Gasteiger partial charge in [-0.1, -0.05) is 66.5 Å². The van der Waals surface area contributed by atoms with Gasteiger partial charge in [-0.2, -0.15) is 0 Å². The number of terminal acetylenes is 8. The van der Waals surface area contributed by atoms with Gasteiger partial charge in [0, 0.05) is 142 Å². The highest BCUT2D eigenvalue weighted by atomic mass is 16.2. The van der Waals surface area contributed by atoms with Crippen molar-refractivity contribution in [3.05, 3.63) is 25.6 Å². The van der Waals surface area contributed by atoms with Crippen LogP contribution < -0.4 is 106 Å². The van der Waals surface area contributed by atoms with E-state index in [9.17, 15) is 96.8 Å². The number of nitrogens with one attached hydrogen (secondary N) is 20. The van der Waals surface area contributed by atoms with E-state index in [1.54, 1.807) is 0 Å². The van der Waals surface area contributed by atoms with Crippen molar-refractivity contribution in [2.24, 2.45) is 11.8 Å². The molecular weight excluding hydrogens is 1840 g/mol. The van der Waals surface area contributed by atoms with Crippen molar-refractivity contribution in [3.8, 4) is 98.8 Å². The zero-order valence-corrected chi connectivity index (χ0v) is 86.2. The minimum atomic E-state index is -1.10. The normalized spacial score (nSPS) is 13.2. The Labute approximate surface area is 856 Å². The van der Waals surface area contributed by atoms with Crippen molar-refractivity contribution in [1.29, 1.82) is 0 Å². The Morgan fingerprint density at radius 2 is 0.458 bits per heavy atom. The highest BCUT2D eigenvalue weighted by molar-refractivity contribution is 6.47. The van der Waals surface area contributed by atoms with Gasteiger partial charge in [0.05, 0.1) is 36.3 Å². The lowest BCUT2D eigenvalue weighted by Gasteiger charge is -2.24. The van der Waals surface area contributed by atoms with Gasteiger partial charge in [0.15, 0.2) is 11.6 Å². The van der Waals surface area contributed by atoms with Gasteiger partial charge >= 0.3 is 28.2 Å². The van der Waals surface area contributed by atoms with Gasteiger partial charge < -0.3 is 126 Å². The van der Waals surface area contributed by atoms with Crippen LogP contribution in [0.25, 0.3) is 0 Å². The lowest BCUT2D eigenvalue weighted by molar-refractivity contribution is -0.133. The van der Waals surface area contributed by atoms with E-state index in [-0.39, 0.29) is 160 Å². The van der Waals surface area contributed by atoms with E-state index in [1.807, 2.05) is 27.7 Å². The van der Waals surface area contributed by atoms with E-state index in [1.165, 1.54) is 53.5 Å². The summed E-state index contributed by atoms with van der Waals surface area (Å²) in [5, 5.41) is 94.1. The molecule has 24 N–H and O–H groups in total. The number of hydrogen-bond acceptors (Lipinski definition) is 26. The second kappa shape index (κ2) is 86.0. The first kappa shape index (κ1) is 136. The van der Waals surface area contributed by atoms with E-state index >= 15 is 0 Å². The summed E-state index contributed by atoms with van der Waals surface area (Å²) < 4.78 is 0. The van der Waals surface area contributed by atoms with Gasteiger partial charge in [-0.3, -0.25) is 76.7 Å². The predicted octanol–water partition coefficient (Wildman–Crippen LogP) is -0.686. The van der Waals surface area contributed by atoms with Crippen LogP contribution in [0.5, 0.6) is 0 Å². The molecule has 0 aliphatic heterocycles. The minimum Gasteiger partial charge on any atom is -0.437 e. The number of Topliss-reactive ketones (excluding diaryl/α,β-unsaturated/α-hetero) is 2. The maximum atomic E-state index is 14.1. The average molecular weight is 2010 g/mol. The van der Waals surface area contributed by atoms with E-state index in [2.05, 4.69) is 167 Å². The largest absolute Gasteiger partial charge is 0.437 e. The first-order valence-electron chi connectivity index (χ1n) is 49.8. The van der Waals surface area contributed by atoms with Gasteiger partial charge in [0.25, 0.3) is 0 Å². The van der Waals surface area contributed by atoms with E-state index < -0.39 is 189 Å². The third-order valence-electron chi connectivity index (χ3n) is 21.7. The van der Waals surface area contributed by atoms with Crippen LogP contribution in [-0.4, -0.2) is 267 Å². The molecule has 14 atom stereocenters. The Bertz CT molecular complexity index is 4280. The third-order valence-corrected chi connectivity index (χ3v) is 21.7. The molecule has 0 aliphatic carbocycles. The van der Waals surface area contributed by atoms with Gasteiger partial charge in [0.2, 0.25) is 82.7 Å². The van der Waals surface area contributed by atoms with Crippen LogP contribution in [-0.2, 0) is 76.7 Å². The first-order valence-corrected chi connectivity index (χ1v) is 49.8. The van der Waals surface area contributed by atoms with Crippen LogP contribution in [0.15, 0.2) is 25.6 Å². The highest BCUT2D eigenvalue weighted by Gasteiger charge is 2.35. The molecule has 0 bridgehead atoms. The molecule has 794 valence electrons. The van der Waals surface area contributed by atoms with Crippen LogP contribution >= 0.6 is 0 Å². The Kier molecular flexibility index (Phi) is 80.9. The summed E-state index contributed by atoms with van der Waals surface area (Å²) in [6, 6.07) is -11.3. The Morgan fingerprint density at radius 3 is 0.722 bits per heavy atom. The number of carbonyl (C=O) groups is 16. The highest BCUT2D eigenvalue weighted by Crippen LogP contribution is 2.21. The Morgan fingerprint density at radius 1 is 0.264 bits per heavy atom. The number of hydrogen-bond donors (Lipinski definition) is 24. The average Bonchev–Trinajstić information content (AvgIpc) is 0.910. The van der Waals surface area contributed by atoms with Crippen molar-refractivity contribution in [2.45, 2.75) is 347 Å². The zero-order chi connectivity index (χ0) is 109. The molecule has 0 saturated carbocycles. The van der Waals surface area contributed by atoms with Crippen LogP contribution in [0, 0.1) is 111 Å². The minimum absolute atomic E-state index is 0.00885. The second-order valence-corrected chi connectivity index (χ2v) is 34.2. The lowest BCUT2D eigenvalue weighted by atomic mass is 9.86. The fourth-order valence-corrected chi connectivity index (χ4v) is 14.3. The number of amides is 14. The van der Waals surface area contributed by atoms with Crippen LogP contribution in [0.2, 0.25) is 27.3 Å². The predicted molar refractivity (Wildman–Crippen MR) is 562 cm³/mol. The summed E-state index contributed by atoms with van der Waals surface area (Å²) in [5.41, 5.74) is 0. The number of rotatable bonds is 80. The second-order valence-electron chi connectivity index (χ2n) is 34.2. The summed E-state index contributed by atoms with van der Waals surface area (Å²) in [6.45, 7) is 25.4. The first-order chi connectivity index (χ1) is 68.8. The molecule has 0 heterocycles. The van der Waals surface area contributed by atoms with Crippen LogP contribution in [0.3, 0.4) is 0 Å². The van der Waals surface area contributed by atoms with E-state index in [0.717, 1.165) is 12.8 Å². The van der Waals surface area contributed by atoms with E-state index in [4.69, 9.17) is 51.4 Å². The number of ketones is 2. The monoisotopic (exact) mass is 2010 g/mol. The van der Waals surface area contributed by atoms with Crippen molar-refractivity contribution in [1.82, 2.24) is 106 Å². The molecule has 0 unspecified atom stereocenters. The Balaban J connectivity index is -0.00000272. The van der Waals surface area contributed by atoms with Gasteiger partial charge in [0.1, 0.15) is 36.3 Å². The SMILES string of the molecule is C#CC[C@H](NB(C)O)C(=O)N[C@@H](CCCCNC(=O)[C@@H](CC#C)NB(C)O)C(=O)C[C@H](CCCCNC(=O)[C@H](CCCCNC(=O)[C@@H](CC#C)NB(C)O)NC(=O)[C@H](CC#C)NB(C)O)C(=O)NCCCC.C#CC[C@H](NC=C)C(=O)N[C@@H](CCCCNC(=O)[C@@H](CC#C)NC(C)=O)C(=O)NCCCC[C@@H](CC(=O)[C@H](CCCCNC(=O)[C@@H](CC#C)NC=C)NC(=O)[C@H](CC#C)NC(C)=O)C(=O)NCCCC.CC. The zero-order valence-electron chi connectivity index (χ0n) is 86.2. The smallest absolute Gasteiger partial charge is 0.374 e. The maximum absolute atomic E-state index is 14.1. The fraction of sp³-hybridized carbons (Fsp3) is 0.640. The van der Waals surface area contributed by atoms with Crippen molar-refractivity contribution >= 4 is 122 Å². The van der Waals surface area contributed by atoms with Crippen molar-refractivity contribution in [2.75, 3.05) is 52.4 Å². The van der Waals surface area contributed by atoms with Gasteiger partial charge in [-0.05, 0) is 155 Å². The summed E-state index contributed by atoms with van der Waals surface area (Å²) >= 11 is 0. The van der Waals surface area contributed by atoms with Crippen LogP contribution in [0.4, 0.5) is 0 Å². The molecule has 44 heteroatoms. The molecule has 0 aromatic carbocycles. The maximum Gasteiger partial charge on any atom is 0.374 e. The molecule has 0 fully saturated rings. The summed E-state index contributed by atoms with van der Waals surface area (Å²) in [7, 11) is -4.10. The number of unbranched alkanes of at least 4 members (excludes halogenated alkanes) is 8. The molecule has 144 heavy (non-hydrogen) atoms. The lowest BCUT2D eigenvalue weighted by Crippen LogP contribution is -2.55. The molecule has 0 spiro atoms. The van der Waals surface area contributed by atoms with E-state index in [0.29, 0.717) is 103 Å². The quantitative estimate of drug-likeness (QED) is 0.0204. The fourth-order valence-electron chi connectivity index (χ4n) is 14.3. The summed E-state index contributed by atoms with van der Waals surface area (Å²) in [4.78, 5) is 210. The molecule has 0 rings (SSSR count). The van der Waals surface area contributed by atoms with Gasteiger partial charge in [-0.25, -0.2) is 0 Å². The third kappa shape index (κ3) is 66.3. The topological polar surface area (TPSA) is 595 Å². The number of carbonyl (C=O) groups excluding carboxylic acids is 16. The molecule has 0 aliphatic rings. The molecule has 0 aromatic rings. The summed E-state index contributed by atoms with van der Waals surface area (Å²) in [5.74, 6) is 10.2. The summed E-state index contributed by atoms with van der Waals surface area (Å²) in [6.07, 6.45) is 54.7. The molecule has 0 radical (unpaired) electrons. The van der Waals surface area contributed by atoms with Crippen LogP contribution in [0.1, 0.15) is 247 Å². The standard InChI is InChI=1S/C51H76N10O9.C47H80B4N10O11.C2H6/c1-10-17-31-54-46(65)38(35-45(64)39(60-51(70)43(27-14-5)59-37(9)63)29-19-22-33-55-47(66)40(24-11-2)52-15-6)28-18-21-32-57-49(68)44(61-50(69)41(25-12-3)53-16-7)30-20-23-34-56-48(67)42(26-13-4)58-36(8)62;1-10-15-29-52-42(63)34(33-41(62)35(56-46(67)39(24-13-4)60-50(8)71)27-17-20-31-54-44(65)37(22-11-2)58-48(6)69)26-16-19-30-53-43(64)36(57-47(68)40(25-14-5)61-51(9)72)28-18-21-32-55-45(66)38(23-12-3)59-49(7)70;1-2/h2-5,15-16,38-44,52-53H,6-7,10,17-35H2,1,8-9H3,(H,54,65)(H,55,66)(H,56,67)(H,57,68)(H,58,62)(H,59,63)(H,60,70)(H,61,69);2-5,34-40,58-61,69-72H,10,15-33H2,1,6-9H3,(H,52,63)(H,53,64)(H,54,65)(H,55,66)(H,56,67)(H,57,68);1-2H3/t38-,39-,40+,41-,42+,43-,44-;34-,35-,36-,37+,38+,39-,40-;/m00./s1. The molecule has 0 aromatic heterocycles.